The first-order chi connectivity index (χ1) is 11.4. The molecule has 0 bridgehead atoms. The second-order valence-electron chi connectivity index (χ2n) is 6.76. The molecule has 3 atom stereocenters. The van der Waals surface area contributed by atoms with E-state index in [1.807, 2.05) is 11.8 Å². The normalized spacial score (nSPS) is 28.9. The molecule has 0 aliphatic carbocycles. The number of nitrogens with zero attached hydrogens (tertiary/aromatic N) is 2. The molecule has 2 fully saturated rings. The summed E-state index contributed by atoms with van der Waals surface area (Å²) in [5.41, 5.74) is 6.17. The van der Waals surface area contributed by atoms with Gasteiger partial charge in [0, 0.05) is 31.7 Å². The second kappa shape index (κ2) is 6.82. The monoisotopic (exact) mass is 351 g/mol. The van der Waals surface area contributed by atoms with E-state index in [-0.39, 0.29) is 29.4 Å². The highest BCUT2D eigenvalue weighted by Gasteiger charge is 2.40. The van der Waals surface area contributed by atoms with Gasteiger partial charge in [-0.1, -0.05) is 18.2 Å². The van der Waals surface area contributed by atoms with E-state index in [1.165, 1.54) is 4.31 Å². The van der Waals surface area contributed by atoms with E-state index in [9.17, 15) is 13.2 Å². The van der Waals surface area contributed by atoms with Gasteiger partial charge >= 0.3 is 0 Å². The predicted molar refractivity (Wildman–Crippen MR) is 91.7 cm³/mol. The lowest BCUT2D eigenvalue weighted by molar-refractivity contribution is -0.137. The minimum atomic E-state index is -3.58. The Labute approximate surface area is 143 Å². The molecule has 1 aromatic rings. The van der Waals surface area contributed by atoms with Gasteiger partial charge in [0.1, 0.15) is 0 Å². The smallest absolute Gasteiger partial charge is 0.243 e. The highest BCUT2D eigenvalue weighted by atomic mass is 32.2. The second-order valence-corrected chi connectivity index (χ2v) is 8.70. The molecule has 0 radical (unpaired) electrons. The molecule has 7 heteroatoms. The molecular weight excluding hydrogens is 326 g/mol. The maximum atomic E-state index is 12.9. The molecule has 2 heterocycles. The van der Waals surface area contributed by atoms with Crippen molar-refractivity contribution in [1.82, 2.24) is 9.21 Å². The third kappa shape index (κ3) is 3.20. The van der Waals surface area contributed by atoms with Crippen LogP contribution in [-0.2, 0) is 14.8 Å². The van der Waals surface area contributed by atoms with Crippen LogP contribution in [0.5, 0.6) is 0 Å². The summed E-state index contributed by atoms with van der Waals surface area (Å²) in [6, 6.07) is 8.30. The lowest BCUT2D eigenvalue weighted by Gasteiger charge is -2.37. The van der Waals surface area contributed by atoms with Crippen molar-refractivity contribution < 1.29 is 13.2 Å². The number of benzene rings is 1. The van der Waals surface area contributed by atoms with E-state index in [1.54, 1.807) is 30.3 Å². The first kappa shape index (κ1) is 17.4. The number of sulfonamides is 1. The summed E-state index contributed by atoms with van der Waals surface area (Å²) in [6.07, 6.45) is 2.51. The fourth-order valence-electron chi connectivity index (χ4n) is 3.64. The van der Waals surface area contributed by atoms with Crippen molar-refractivity contribution in [2.24, 2.45) is 11.7 Å². The lowest BCUT2D eigenvalue weighted by Crippen LogP contribution is -2.55. The summed E-state index contributed by atoms with van der Waals surface area (Å²) < 4.78 is 27.0. The number of rotatable bonds is 3. The molecule has 0 saturated carbocycles. The van der Waals surface area contributed by atoms with Gasteiger partial charge in [0.25, 0.3) is 0 Å². The standard InChI is InChI=1S/C17H25N3O3S/c1-13-6-5-10-20(13)17(21)15-12-19(11-9-16(15)18)24(22,23)14-7-3-2-4-8-14/h2-4,7-8,13,15-16H,5-6,9-12,18H2,1H3/t13-,15-,16-/m1/s1. The maximum Gasteiger partial charge on any atom is 0.243 e. The van der Waals surface area contributed by atoms with E-state index in [4.69, 9.17) is 5.73 Å². The molecule has 24 heavy (non-hydrogen) atoms. The Morgan fingerprint density at radius 3 is 2.50 bits per heavy atom. The van der Waals surface area contributed by atoms with E-state index >= 15 is 0 Å². The average Bonchev–Trinajstić information content (AvgIpc) is 3.01. The SMILES string of the molecule is C[C@@H]1CCCN1C(=O)[C@@H]1CN(S(=O)(=O)c2ccccc2)CC[C@H]1N. The van der Waals surface area contributed by atoms with Crippen molar-refractivity contribution in [3.8, 4) is 0 Å². The number of hydrogen-bond acceptors (Lipinski definition) is 4. The zero-order valence-corrected chi connectivity index (χ0v) is 14.8. The van der Waals surface area contributed by atoms with E-state index in [0.717, 1.165) is 19.4 Å². The van der Waals surface area contributed by atoms with Crippen LogP contribution in [-0.4, -0.2) is 55.2 Å². The number of nitrogens with two attached hydrogens (primary N) is 1. The van der Waals surface area contributed by atoms with Crippen molar-refractivity contribution >= 4 is 15.9 Å². The van der Waals surface area contributed by atoms with Crippen LogP contribution in [0.15, 0.2) is 35.2 Å². The highest BCUT2D eigenvalue weighted by molar-refractivity contribution is 7.89. The zero-order chi connectivity index (χ0) is 17.3. The van der Waals surface area contributed by atoms with Crippen LogP contribution in [0.4, 0.5) is 0 Å². The fourth-order valence-corrected chi connectivity index (χ4v) is 5.14. The van der Waals surface area contributed by atoms with Gasteiger partial charge in [-0.3, -0.25) is 4.79 Å². The van der Waals surface area contributed by atoms with Gasteiger partial charge in [0.2, 0.25) is 15.9 Å². The van der Waals surface area contributed by atoms with Gasteiger partial charge < -0.3 is 10.6 Å². The molecule has 2 aliphatic rings. The first-order valence-electron chi connectivity index (χ1n) is 8.52. The van der Waals surface area contributed by atoms with Crippen LogP contribution in [0.1, 0.15) is 26.2 Å². The minimum Gasteiger partial charge on any atom is -0.340 e. The predicted octanol–water partition coefficient (Wildman–Crippen LogP) is 1.04. The molecular formula is C17H25N3O3S. The van der Waals surface area contributed by atoms with Crippen molar-refractivity contribution in [1.29, 1.82) is 0 Å². The average molecular weight is 351 g/mol. The molecule has 132 valence electrons. The largest absolute Gasteiger partial charge is 0.340 e. The van der Waals surface area contributed by atoms with Crippen LogP contribution in [0.25, 0.3) is 0 Å². The molecule has 1 amide bonds. The fraction of sp³-hybridized carbons (Fsp3) is 0.588. The summed E-state index contributed by atoms with van der Waals surface area (Å²) in [5.74, 6) is -0.460. The summed E-state index contributed by atoms with van der Waals surface area (Å²) >= 11 is 0. The van der Waals surface area contributed by atoms with Crippen molar-refractivity contribution in [2.45, 2.75) is 43.2 Å². The van der Waals surface area contributed by atoms with Gasteiger partial charge in [-0.25, -0.2) is 8.42 Å². The maximum absolute atomic E-state index is 12.9. The Kier molecular flexibility index (Phi) is 4.94. The summed E-state index contributed by atoms with van der Waals surface area (Å²) in [4.78, 5) is 15.0. The van der Waals surface area contributed by atoms with Crippen LogP contribution in [0.3, 0.4) is 0 Å². The van der Waals surface area contributed by atoms with Crippen molar-refractivity contribution in [3.63, 3.8) is 0 Å². The number of hydrogen-bond donors (Lipinski definition) is 1. The van der Waals surface area contributed by atoms with Crippen LogP contribution < -0.4 is 5.73 Å². The topological polar surface area (TPSA) is 83.7 Å². The molecule has 1 aromatic carbocycles. The molecule has 3 rings (SSSR count). The first-order valence-corrected chi connectivity index (χ1v) is 9.96. The number of amides is 1. The third-order valence-electron chi connectivity index (χ3n) is 5.16. The minimum absolute atomic E-state index is 0.000427. The van der Waals surface area contributed by atoms with E-state index in [2.05, 4.69) is 0 Å². The van der Waals surface area contributed by atoms with Gasteiger partial charge in [-0.2, -0.15) is 4.31 Å². The Morgan fingerprint density at radius 1 is 1.17 bits per heavy atom. The Morgan fingerprint density at radius 2 is 1.88 bits per heavy atom. The molecule has 2 N–H and O–H groups in total. The molecule has 0 aromatic heterocycles. The van der Waals surface area contributed by atoms with Gasteiger partial charge in [-0.15, -0.1) is 0 Å². The van der Waals surface area contributed by atoms with Crippen molar-refractivity contribution in [2.75, 3.05) is 19.6 Å². The van der Waals surface area contributed by atoms with E-state index < -0.39 is 15.9 Å². The highest BCUT2D eigenvalue weighted by Crippen LogP contribution is 2.27. The Balaban J connectivity index is 1.79. The lowest BCUT2D eigenvalue weighted by atomic mass is 9.92. The Hall–Kier alpha value is -1.44. The van der Waals surface area contributed by atoms with E-state index in [0.29, 0.717) is 13.0 Å². The number of carbonyl (C=O) groups excluding carboxylic acids is 1. The summed E-state index contributed by atoms with van der Waals surface area (Å²) in [7, 11) is -3.58. The molecule has 0 unspecified atom stereocenters. The summed E-state index contributed by atoms with van der Waals surface area (Å²) in [5, 5.41) is 0. The molecule has 6 nitrogen and oxygen atoms in total. The number of carbonyl (C=O) groups is 1. The summed E-state index contributed by atoms with van der Waals surface area (Å²) in [6.45, 7) is 3.31. The number of likely N-dealkylation sites (tertiary alicyclic amines) is 1. The van der Waals surface area contributed by atoms with Crippen LogP contribution >= 0.6 is 0 Å². The van der Waals surface area contributed by atoms with Crippen LogP contribution in [0, 0.1) is 5.92 Å². The number of piperidine rings is 1. The van der Waals surface area contributed by atoms with Crippen LogP contribution in [0.2, 0.25) is 0 Å². The van der Waals surface area contributed by atoms with Gasteiger partial charge in [-0.05, 0) is 38.3 Å². The quantitative estimate of drug-likeness (QED) is 0.882. The van der Waals surface area contributed by atoms with Gasteiger partial charge in [0.15, 0.2) is 0 Å². The van der Waals surface area contributed by atoms with Crippen molar-refractivity contribution in [3.05, 3.63) is 30.3 Å². The third-order valence-corrected chi connectivity index (χ3v) is 7.04. The Bertz CT molecular complexity index is 692. The zero-order valence-electron chi connectivity index (χ0n) is 14.0. The van der Waals surface area contributed by atoms with Gasteiger partial charge in [0.05, 0.1) is 10.8 Å². The molecule has 0 spiro atoms. The molecule has 2 saturated heterocycles. The molecule has 2 aliphatic heterocycles.